The van der Waals surface area contributed by atoms with Crippen LogP contribution in [0.15, 0.2) is 12.4 Å². The van der Waals surface area contributed by atoms with Crippen molar-refractivity contribution in [1.82, 2.24) is 9.78 Å². The van der Waals surface area contributed by atoms with E-state index in [0.717, 1.165) is 31.1 Å². The SMILES string of the molecule is CCn1cc(OCCCSC)cn1. The monoisotopic (exact) mass is 200 g/mol. The molecule has 0 aliphatic rings. The summed E-state index contributed by atoms with van der Waals surface area (Å²) in [6, 6.07) is 0. The van der Waals surface area contributed by atoms with E-state index < -0.39 is 0 Å². The van der Waals surface area contributed by atoms with Gasteiger partial charge in [0.2, 0.25) is 0 Å². The van der Waals surface area contributed by atoms with Crippen LogP contribution in [0.2, 0.25) is 0 Å². The molecular weight excluding hydrogens is 184 g/mol. The smallest absolute Gasteiger partial charge is 0.157 e. The summed E-state index contributed by atoms with van der Waals surface area (Å²) in [6.45, 7) is 3.74. The molecule has 1 aromatic rings. The van der Waals surface area contributed by atoms with Gasteiger partial charge in [-0.3, -0.25) is 4.68 Å². The lowest BCUT2D eigenvalue weighted by Gasteiger charge is -2.00. The summed E-state index contributed by atoms with van der Waals surface area (Å²) in [7, 11) is 0. The maximum Gasteiger partial charge on any atom is 0.157 e. The molecule has 0 unspecified atom stereocenters. The molecule has 0 aliphatic carbocycles. The fourth-order valence-corrected chi connectivity index (χ4v) is 1.39. The lowest BCUT2D eigenvalue weighted by molar-refractivity contribution is 0.318. The van der Waals surface area contributed by atoms with Gasteiger partial charge in [-0.05, 0) is 25.4 Å². The molecule has 1 rings (SSSR count). The number of thioether (sulfide) groups is 1. The van der Waals surface area contributed by atoms with Crippen LogP contribution in [-0.2, 0) is 6.54 Å². The van der Waals surface area contributed by atoms with Gasteiger partial charge in [-0.25, -0.2) is 0 Å². The Balaban J connectivity index is 2.20. The highest BCUT2D eigenvalue weighted by molar-refractivity contribution is 7.98. The molecule has 13 heavy (non-hydrogen) atoms. The number of nitrogens with zero attached hydrogens (tertiary/aromatic N) is 2. The van der Waals surface area contributed by atoms with Crippen LogP contribution in [0.25, 0.3) is 0 Å². The first-order valence-electron chi connectivity index (χ1n) is 4.51. The fourth-order valence-electron chi connectivity index (χ4n) is 0.985. The first-order chi connectivity index (χ1) is 6.36. The van der Waals surface area contributed by atoms with Gasteiger partial charge in [0.05, 0.1) is 19.0 Å². The number of ether oxygens (including phenoxy) is 1. The van der Waals surface area contributed by atoms with Crippen molar-refractivity contribution >= 4 is 11.8 Å². The number of hydrogen-bond donors (Lipinski definition) is 0. The Morgan fingerprint density at radius 1 is 1.62 bits per heavy atom. The topological polar surface area (TPSA) is 27.1 Å². The third kappa shape index (κ3) is 3.72. The molecule has 74 valence electrons. The zero-order valence-electron chi connectivity index (χ0n) is 8.19. The van der Waals surface area contributed by atoms with Crippen LogP contribution < -0.4 is 4.74 Å². The second kappa shape index (κ2) is 5.91. The summed E-state index contributed by atoms with van der Waals surface area (Å²) in [5.74, 6) is 2.03. The van der Waals surface area contributed by atoms with Gasteiger partial charge in [-0.15, -0.1) is 0 Å². The molecule has 1 aromatic heterocycles. The summed E-state index contributed by atoms with van der Waals surface area (Å²) in [4.78, 5) is 0. The van der Waals surface area contributed by atoms with Gasteiger partial charge in [-0.1, -0.05) is 0 Å². The first-order valence-corrected chi connectivity index (χ1v) is 5.90. The Hall–Kier alpha value is -0.640. The van der Waals surface area contributed by atoms with E-state index in [9.17, 15) is 0 Å². The van der Waals surface area contributed by atoms with Crippen molar-refractivity contribution in [3.05, 3.63) is 12.4 Å². The zero-order valence-corrected chi connectivity index (χ0v) is 9.01. The average Bonchev–Trinajstić information content (AvgIpc) is 2.60. The Bertz CT molecular complexity index is 237. The molecule has 0 fully saturated rings. The molecule has 0 atom stereocenters. The van der Waals surface area contributed by atoms with Crippen molar-refractivity contribution in [1.29, 1.82) is 0 Å². The summed E-state index contributed by atoms with van der Waals surface area (Å²) in [5.41, 5.74) is 0. The van der Waals surface area contributed by atoms with Gasteiger partial charge >= 0.3 is 0 Å². The molecule has 0 aromatic carbocycles. The third-order valence-electron chi connectivity index (χ3n) is 1.70. The maximum absolute atomic E-state index is 5.49. The minimum atomic E-state index is 0.788. The van der Waals surface area contributed by atoms with Crippen molar-refractivity contribution in [3.8, 4) is 5.75 Å². The van der Waals surface area contributed by atoms with Crippen molar-refractivity contribution in [2.24, 2.45) is 0 Å². The molecular formula is C9H16N2OS. The average molecular weight is 200 g/mol. The highest BCUT2D eigenvalue weighted by Crippen LogP contribution is 2.08. The number of hydrogen-bond acceptors (Lipinski definition) is 3. The van der Waals surface area contributed by atoms with E-state index >= 15 is 0 Å². The van der Waals surface area contributed by atoms with Gasteiger partial charge in [0, 0.05) is 6.54 Å². The number of aromatic nitrogens is 2. The summed E-state index contributed by atoms with van der Waals surface area (Å²) < 4.78 is 7.36. The van der Waals surface area contributed by atoms with E-state index in [1.165, 1.54) is 0 Å². The summed E-state index contributed by atoms with van der Waals surface area (Å²) in [5, 5.41) is 4.12. The van der Waals surface area contributed by atoms with Crippen LogP contribution >= 0.6 is 11.8 Å². The zero-order chi connectivity index (χ0) is 9.52. The minimum Gasteiger partial charge on any atom is -0.490 e. The third-order valence-corrected chi connectivity index (χ3v) is 2.39. The Morgan fingerprint density at radius 2 is 2.46 bits per heavy atom. The molecule has 4 heteroatoms. The highest BCUT2D eigenvalue weighted by atomic mass is 32.2. The van der Waals surface area contributed by atoms with E-state index in [0.29, 0.717) is 0 Å². The number of rotatable bonds is 6. The Morgan fingerprint density at radius 3 is 3.08 bits per heavy atom. The van der Waals surface area contributed by atoms with Crippen LogP contribution in [0.3, 0.4) is 0 Å². The van der Waals surface area contributed by atoms with E-state index in [2.05, 4.69) is 18.3 Å². The van der Waals surface area contributed by atoms with Gasteiger partial charge < -0.3 is 4.74 Å². The van der Waals surface area contributed by atoms with Crippen LogP contribution in [-0.4, -0.2) is 28.4 Å². The molecule has 0 aliphatic heterocycles. The molecule has 1 heterocycles. The predicted octanol–water partition coefficient (Wildman–Crippen LogP) is 2.03. The van der Waals surface area contributed by atoms with E-state index in [1.807, 2.05) is 22.6 Å². The second-order valence-electron chi connectivity index (χ2n) is 2.73. The van der Waals surface area contributed by atoms with E-state index in [-0.39, 0.29) is 0 Å². The lowest BCUT2D eigenvalue weighted by atomic mass is 10.5. The standard InChI is InChI=1S/C9H16N2OS/c1-3-11-8-9(7-10-11)12-5-4-6-13-2/h7-8H,3-6H2,1-2H3. The molecule has 3 nitrogen and oxygen atoms in total. The molecule has 0 saturated heterocycles. The lowest BCUT2D eigenvalue weighted by Crippen LogP contribution is -1.97. The fraction of sp³-hybridized carbons (Fsp3) is 0.667. The predicted molar refractivity (Wildman–Crippen MR) is 56.4 cm³/mol. The molecule has 0 saturated carbocycles. The van der Waals surface area contributed by atoms with Gasteiger partial charge in [0.25, 0.3) is 0 Å². The van der Waals surface area contributed by atoms with Gasteiger partial charge in [0.1, 0.15) is 0 Å². The number of aryl methyl sites for hydroxylation is 1. The minimum absolute atomic E-state index is 0.788. The van der Waals surface area contributed by atoms with E-state index in [1.54, 1.807) is 6.20 Å². The molecule has 0 amide bonds. The molecule has 0 spiro atoms. The van der Waals surface area contributed by atoms with Crippen molar-refractivity contribution in [2.75, 3.05) is 18.6 Å². The first kappa shape index (κ1) is 10.4. The van der Waals surface area contributed by atoms with Crippen LogP contribution in [0.5, 0.6) is 5.75 Å². The normalized spacial score (nSPS) is 10.3. The quantitative estimate of drug-likeness (QED) is 0.657. The second-order valence-corrected chi connectivity index (χ2v) is 3.71. The van der Waals surface area contributed by atoms with Gasteiger partial charge in [-0.2, -0.15) is 16.9 Å². The molecule has 0 radical (unpaired) electrons. The Labute approximate surface area is 83.5 Å². The summed E-state index contributed by atoms with van der Waals surface area (Å²) >= 11 is 1.85. The maximum atomic E-state index is 5.49. The molecule has 0 bridgehead atoms. The van der Waals surface area contributed by atoms with Gasteiger partial charge in [0.15, 0.2) is 5.75 Å². The van der Waals surface area contributed by atoms with Crippen LogP contribution in [0, 0.1) is 0 Å². The summed E-state index contributed by atoms with van der Waals surface area (Å²) in [6.07, 6.45) is 6.90. The van der Waals surface area contributed by atoms with Crippen molar-refractivity contribution in [2.45, 2.75) is 19.9 Å². The van der Waals surface area contributed by atoms with Crippen LogP contribution in [0.4, 0.5) is 0 Å². The van der Waals surface area contributed by atoms with Crippen molar-refractivity contribution in [3.63, 3.8) is 0 Å². The van der Waals surface area contributed by atoms with E-state index in [4.69, 9.17) is 4.74 Å². The van der Waals surface area contributed by atoms with Crippen LogP contribution in [0.1, 0.15) is 13.3 Å². The van der Waals surface area contributed by atoms with Crippen molar-refractivity contribution < 1.29 is 4.74 Å². The highest BCUT2D eigenvalue weighted by Gasteiger charge is 1.96. The molecule has 0 N–H and O–H groups in total. The Kier molecular flexibility index (Phi) is 4.75. The largest absolute Gasteiger partial charge is 0.490 e.